The van der Waals surface area contributed by atoms with Crippen molar-refractivity contribution in [1.82, 2.24) is 24.6 Å². The van der Waals surface area contributed by atoms with Crippen molar-refractivity contribution in [2.24, 2.45) is 0 Å². The van der Waals surface area contributed by atoms with Gasteiger partial charge in [0.1, 0.15) is 11.9 Å². The highest BCUT2D eigenvalue weighted by Crippen LogP contribution is 2.09. The summed E-state index contributed by atoms with van der Waals surface area (Å²) < 4.78 is 3.90. The van der Waals surface area contributed by atoms with Crippen molar-refractivity contribution in [2.75, 3.05) is 5.32 Å². The second-order valence-corrected chi connectivity index (χ2v) is 4.67. The van der Waals surface area contributed by atoms with Crippen molar-refractivity contribution in [3.05, 3.63) is 24.0 Å². The number of carbonyl (C=O) groups is 2. The molecule has 0 bridgehead atoms. The van der Waals surface area contributed by atoms with E-state index in [4.69, 9.17) is 5.11 Å². The summed E-state index contributed by atoms with van der Waals surface area (Å²) in [5, 5.41) is 14.2. The van der Waals surface area contributed by atoms with Crippen molar-refractivity contribution in [3.63, 3.8) is 0 Å². The maximum absolute atomic E-state index is 11.7. The Hall–Kier alpha value is -2.49. The number of carboxylic acid groups (broad SMARTS) is 1. The number of hydrogen-bond donors (Lipinski definition) is 4. The van der Waals surface area contributed by atoms with Crippen LogP contribution in [0.4, 0.5) is 9.93 Å². The lowest BCUT2D eigenvalue weighted by molar-refractivity contribution is -0.139. The van der Waals surface area contributed by atoms with Crippen molar-refractivity contribution in [3.8, 4) is 0 Å². The van der Waals surface area contributed by atoms with Crippen LogP contribution in [0, 0.1) is 6.92 Å². The first-order valence-corrected chi connectivity index (χ1v) is 6.40. The van der Waals surface area contributed by atoms with Gasteiger partial charge in [0.25, 0.3) is 0 Å². The van der Waals surface area contributed by atoms with E-state index in [0.29, 0.717) is 16.6 Å². The number of amides is 2. The molecule has 0 fully saturated rings. The molecule has 2 aromatic heterocycles. The maximum atomic E-state index is 11.7. The fraction of sp³-hybridized carbons (Fsp3) is 0.300. The van der Waals surface area contributed by atoms with Gasteiger partial charge in [0, 0.05) is 29.8 Å². The number of aliphatic carboxylic acids is 1. The van der Waals surface area contributed by atoms with E-state index in [1.54, 1.807) is 6.92 Å². The fourth-order valence-electron chi connectivity index (χ4n) is 1.46. The molecule has 10 heteroatoms. The third kappa shape index (κ3) is 3.75. The molecule has 1 unspecified atom stereocenters. The molecule has 2 heterocycles. The van der Waals surface area contributed by atoms with E-state index in [-0.39, 0.29) is 6.42 Å². The average Bonchev–Trinajstić information content (AvgIpc) is 3.00. The zero-order valence-corrected chi connectivity index (χ0v) is 11.3. The molecule has 2 aromatic rings. The van der Waals surface area contributed by atoms with Crippen LogP contribution < -0.4 is 10.6 Å². The van der Waals surface area contributed by atoms with Gasteiger partial charge in [-0.15, -0.1) is 0 Å². The standard InChI is InChI=1S/C10H12N6O3S/c1-5-13-10(20-16-5)15-9(19)14-7(8(17)18)2-6-3-11-4-12-6/h3-4,7H,2H2,1H3,(H,11,12)(H,17,18)(H2,13,14,15,16,19). The number of urea groups is 1. The highest BCUT2D eigenvalue weighted by molar-refractivity contribution is 7.09. The molecule has 0 saturated carbocycles. The topological polar surface area (TPSA) is 133 Å². The number of imidazole rings is 1. The number of carboxylic acids is 1. The van der Waals surface area contributed by atoms with Crippen molar-refractivity contribution in [1.29, 1.82) is 0 Å². The van der Waals surface area contributed by atoms with E-state index in [1.807, 2.05) is 0 Å². The number of carbonyl (C=O) groups excluding carboxylic acids is 1. The van der Waals surface area contributed by atoms with Gasteiger partial charge < -0.3 is 15.4 Å². The molecular formula is C10H12N6O3S. The number of rotatable bonds is 5. The Morgan fingerprint density at radius 1 is 1.55 bits per heavy atom. The van der Waals surface area contributed by atoms with Gasteiger partial charge in [0.2, 0.25) is 5.13 Å². The molecule has 4 N–H and O–H groups in total. The van der Waals surface area contributed by atoms with Gasteiger partial charge in [0.15, 0.2) is 0 Å². The maximum Gasteiger partial charge on any atom is 0.326 e. The smallest absolute Gasteiger partial charge is 0.326 e. The highest BCUT2D eigenvalue weighted by Gasteiger charge is 2.21. The summed E-state index contributed by atoms with van der Waals surface area (Å²) in [7, 11) is 0. The first-order valence-electron chi connectivity index (χ1n) is 5.62. The summed E-state index contributed by atoms with van der Waals surface area (Å²) in [4.78, 5) is 33.3. The van der Waals surface area contributed by atoms with Crippen molar-refractivity contribution >= 4 is 28.7 Å². The van der Waals surface area contributed by atoms with Crippen LogP contribution in [-0.2, 0) is 11.2 Å². The van der Waals surface area contributed by atoms with Crippen LogP contribution in [0.15, 0.2) is 12.5 Å². The van der Waals surface area contributed by atoms with Gasteiger partial charge in [-0.3, -0.25) is 5.32 Å². The number of nitrogens with one attached hydrogen (secondary N) is 3. The van der Waals surface area contributed by atoms with Gasteiger partial charge in [-0.25, -0.2) is 19.6 Å². The van der Waals surface area contributed by atoms with Crippen LogP contribution >= 0.6 is 11.5 Å². The highest BCUT2D eigenvalue weighted by atomic mass is 32.1. The second kappa shape index (κ2) is 6.10. The van der Waals surface area contributed by atoms with Crippen molar-refractivity contribution < 1.29 is 14.7 Å². The summed E-state index contributed by atoms with van der Waals surface area (Å²) in [5.74, 6) is -0.597. The summed E-state index contributed by atoms with van der Waals surface area (Å²) in [5.41, 5.74) is 0.615. The molecule has 106 valence electrons. The lowest BCUT2D eigenvalue weighted by Crippen LogP contribution is -2.44. The van der Waals surface area contributed by atoms with Gasteiger partial charge in [-0.2, -0.15) is 4.37 Å². The number of aryl methyl sites for hydroxylation is 1. The lowest BCUT2D eigenvalue weighted by Gasteiger charge is -2.13. The van der Waals surface area contributed by atoms with Gasteiger partial charge in [-0.05, 0) is 6.92 Å². The van der Waals surface area contributed by atoms with E-state index >= 15 is 0 Å². The predicted molar refractivity (Wildman–Crippen MR) is 70.5 cm³/mol. The number of nitrogens with zero attached hydrogens (tertiary/aromatic N) is 3. The van der Waals surface area contributed by atoms with Crippen LogP contribution in [0.25, 0.3) is 0 Å². The largest absolute Gasteiger partial charge is 0.480 e. The first-order chi connectivity index (χ1) is 9.54. The van der Waals surface area contributed by atoms with E-state index in [2.05, 4.69) is 30.0 Å². The molecule has 0 aliphatic heterocycles. The Kier molecular flexibility index (Phi) is 4.25. The van der Waals surface area contributed by atoms with E-state index in [9.17, 15) is 9.59 Å². The summed E-state index contributed by atoms with van der Waals surface area (Å²) >= 11 is 1.02. The molecule has 2 amide bonds. The lowest BCUT2D eigenvalue weighted by atomic mass is 10.2. The number of H-pyrrole nitrogens is 1. The predicted octanol–water partition coefficient (Wildman–Crippen LogP) is 0.387. The van der Waals surface area contributed by atoms with Crippen LogP contribution in [0.2, 0.25) is 0 Å². The van der Waals surface area contributed by atoms with E-state index < -0.39 is 18.0 Å². The molecule has 0 radical (unpaired) electrons. The van der Waals surface area contributed by atoms with Crippen LogP contribution in [0.3, 0.4) is 0 Å². The quantitative estimate of drug-likeness (QED) is 0.630. The molecule has 0 aliphatic rings. The molecule has 2 rings (SSSR count). The number of hydrogen-bond acceptors (Lipinski definition) is 6. The Balaban J connectivity index is 1.94. The normalized spacial score (nSPS) is 11.8. The van der Waals surface area contributed by atoms with Crippen LogP contribution in [0.1, 0.15) is 11.5 Å². The molecule has 0 aromatic carbocycles. The summed E-state index contributed by atoms with van der Waals surface area (Å²) in [6.45, 7) is 1.69. The van der Waals surface area contributed by atoms with Gasteiger partial charge in [-0.1, -0.05) is 0 Å². The third-order valence-corrected chi connectivity index (χ3v) is 3.05. The molecule has 0 aliphatic carbocycles. The average molecular weight is 296 g/mol. The summed E-state index contributed by atoms with van der Waals surface area (Å²) in [6.07, 6.45) is 3.06. The minimum atomic E-state index is -1.14. The van der Waals surface area contributed by atoms with E-state index in [1.165, 1.54) is 12.5 Å². The Labute approximate surface area is 117 Å². The van der Waals surface area contributed by atoms with Gasteiger partial charge >= 0.3 is 12.0 Å². The fourth-order valence-corrected chi connectivity index (χ4v) is 2.03. The molecule has 9 nitrogen and oxygen atoms in total. The third-order valence-electron chi connectivity index (χ3n) is 2.33. The summed E-state index contributed by atoms with van der Waals surface area (Å²) in [6, 6.07) is -1.71. The van der Waals surface area contributed by atoms with E-state index in [0.717, 1.165) is 11.5 Å². The zero-order valence-electron chi connectivity index (χ0n) is 10.5. The number of aromatic amines is 1. The molecule has 0 spiro atoms. The Morgan fingerprint density at radius 2 is 2.35 bits per heavy atom. The minimum Gasteiger partial charge on any atom is -0.480 e. The van der Waals surface area contributed by atoms with Crippen LogP contribution in [0.5, 0.6) is 0 Å². The zero-order chi connectivity index (χ0) is 14.5. The minimum absolute atomic E-state index is 0.109. The molecular weight excluding hydrogens is 284 g/mol. The monoisotopic (exact) mass is 296 g/mol. The van der Waals surface area contributed by atoms with Crippen LogP contribution in [-0.4, -0.2) is 42.5 Å². The van der Waals surface area contributed by atoms with Gasteiger partial charge in [0.05, 0.1) is 6.33 Å². The Bertz CT molecular complexity index is 596. The number of anilines is 1. The SMILES string of the molecule is Cc1nsc(NC(=O)NC(Cc2cnc[nH]2)C(=O)O)n1. The first kappa shape index (κ1) is 13.9. The second-order valence-electron chi connectivity index (χ2n) is 3.92. The van der Waals surface area contributed by atoms with Crippen molar-refractivity contribution in [2.45, 2.75) is 19.4 Å². The molecule has 20 heavy (non-hydrogen) atoms. The molecule has 0 saturated heterocycles. The Morgan fingerprint density at radius 3 is 2.90 bits per heavy atom. The number of aromatic nitrogens is 4. The molecule has 1 atom stereocenters.